The van der Waals surface area contributed by atoms with Crippen molar-refractivity contribution in [2.24, 2.45) is 14.1 Å². The van der Waals surface area contributed by atoms with E-state index in [0.29, 0.717) is 44.4 Å². The Morgan fingerprint density at radius 2 is 0.875 bits per heavy atom. The third-order valence-electron chi connectivity index (χ3n) is 12.9. The highest BCUT2D eigenvalue weighted by atomic mass is 127. The molecule has 4 aliphatic heterocycles. The maximum Gasteiger partial charge on any atom is 0.269 e. The van der Waals surface area contributed by atoms with Crippen molar-refractivity contribution >= 4 is 88.3 Å². The number of benzene rings is 4. The zero-order valence-corrected chi connectivity index (χ0v) is 49.5. The number of alkyl halides is 1. The number of hydrogen-bond acceptors (Lipinski definition) is 18. The van der Waals surface area contributed by atoms with E-state index < -0.39 is 30.1 Å². The number of hydrogen-bond donors (Lipinski definition) is 2. The molecule has 0 aliphatic carbocycles. The molecular formula is C51H68ClIN12O13S2. The SMILES string of the molecule is CI.CS(=O)(=O)O[C@@H]1CCN(c2ccc([N+](=O)[O-])cc2)C1.CS(=O)(=O)[O-].C[n+]1ccn([C@@H]2CCN(c3ccc([N+](=O)[O-])cc3)C2)c1.C[n+]1ccn([C@H]2CCN(c3ccc(N)cc3)C2)c1.O=[N+]([O-])c1ccc(N2CC[C@@H](O)C2)cc1.[Cl-]. The molecule has 436 valence electrons. The Hall–Kier alpha value is -6.70. The predicted octanol–water partition coefficient (Wildman–Crippen LogP) is 2.55. The molecule has 0 unspecified atom stereocenters. The average molecular weight is 1280 g/mol. The molecule has 0 saturated carbocycles. The number of imidazole rings is 2. The van der Waals surface area contributed by atoms with Crippen LogP contribution in [0.2, 0.25) is 0 Å². The molecule has 4 aliphatic rings. The standard InChI is InChI=1S/C14H17N4O2.C14H19N4.C11H14N2O5S.C10H12N2O3.CH3I.CH4O3S.ClH/c1-15-8-9-17(11-15)14-6-7-16(10-14)12-2-4-13(5-3-12)18(19)20;1-16-8-9-18(11-16)14-6-7-17(10-14)13-4-2-12(15)3-5-13;1-19(16,17)18-11-6-7-12(8-11)9-2-4-10(5-3-9)13(14)15;13-10-5-6-11(7-10)8-1-3-9(4-2-8)12(14)15;1-2;1-5(2,3)4;/h2-5,8-9,11,14H,6-7,10H2,1H3;2-5,8-9,11,14H,6-7,10,15H2,1H3;2-5,11H,6-8H2,1H3;1-4,10,13H,5-7H2;1H3;1H3,(H,2,3,4);1H/q2*+1;;;;;/p-2/t2*14-;11-;10-;;;/m1011.../s1. The summed E-state index contributed by atoms with van der Waals surface area (Å²) in [6, 6.07) is 28.6. The van der Waals surface area contributed by atoms with Crippen LogP contribution < -0.4 is 46.9 Å². The maximum atomic E-state index is 11.0. The van der Waals surface area contributed by atoms with Crippen molar-refractivity contribution in [2.45, 2.75) is 50.0 Å². The first-order chi connectivity index (χ1) is 37.4. The smallest absolute Gasteiger partial charge is 0.269 e. The normalized spacial score (nSPS) is 18.3. The molecule has 10 rings (SSSR count). The van der Waals surface area contributed by atoms with Gasteiger partial charge in [-0.05, 0) is 78.4 Å². The minimum absolute atomic E-state index is 0. The molecule has 6 heterocycles. The molecule has 2 aromatic heterocycles. The van der Waals surface area contributed by atoms with Crippen LogP contribution in [-0.2, 0) is 38.5 Å². The van der Waals surface area contributed by atoms with Gasteiger partial charge in [0.25, 0.3) is 27.2 Å². The van der Waals surface area contributed by atoms with Crippen LogP contribution in [0.3, 0.4) is 0 Å². The summed E-state index contributed by atoms with van der Waals surface area (Å²) in [5.74, 6) is 0. The number of nitro groups is 3. The Bertz CT molecular complexity index is 3130. The summed E-state index contributed by atoms with van der Waals surface area (Å²) < 4.78 is 62.9. The van der Waals surface area contributed by atoms with Gasteiger partial charge < -0.3 is 47.4 Å². The first kappa shape index (κ1) is 65.8. The van der Waals surface area contributed by atoms with Crippen molar-refractivity contribution in [1.82, 2.24) is 9.13 Å². The minimum Gasteiger partial charge on any atom is -1.00 e. The van der Waals surface area contributed by atoms with Gasteiger partial charge in [0, 0.05) is 123 Å². The van der Waals surface area contributed by atoms with E-state index in [4.69, 9.17) is 22.9 Å². The van der Waals surface area contributed by atoms with Gasteiger partial charge in [-0.3, -0.25) is 34.5 Å². The lowest BCUT2D eigenvalue weighted by atomic mass is 10.2. The van der Waals surface area contributed by atoms with Crippen molar-refractivity contribution in [3.8, 4) is 0 Å². The number of nitro benzene ring substituents is 3. The van der Waals surface area contributed by atoms with Crippen molar-refractivity contribution in [2.75, 3.05) is 95.1 Å². The fourth-order valence-corrected chi connectivity index (χ4v) is 9.77. The summed E-state index contributed by atoms with van der Waals surface area (Å²) in [6.45, 7) is 6.63. The van der Waals surface area contributed by atoms with Crippen LogP contribution in [0, 0.1) is 30.3 Å². The van der Waals surface area contributed by atoms with Crippen LogP contribution in [0.5, 0.6) is 0 Å². The summed E-state index contributed by atoms with van der Waals surface area (Å²) in [7, 11) is -3.29. The molecule has 6 aromatic rings. The second-order valence-electron chi connectivity index (χ2n) is 19.0. The Morgan fingerprint density at radius 1 is 0.562 bits per heavy atom. The molecule has 4 aromatic carbocycles. The van der Waals surface area contributed by atoms with E-state index in [1.165, 1.54) is 36.4 Å². The van der Waals surface area contributed by atoms with Crippen LogP contribution in [0.1, 0.15) is 37.8 Å². The van der Waals surface area contributed by atoms with E-state index in [9.17, 15) is 43.9 Å². The maximum absolute atomic E-state index is 11.0. The van der Waals surface area contributed by atoms with Crippen LogP contribution in [0.4, 0.5) is 45.5 Å². The summed E-state index contributed by atoms with van der Waals surface area (Å²) in [5.41, 5.74) is 10.9. The van der Waals surface area contributed by atoms with Gasteiger partial charge in [-0.2, -0.15) is 8.42 Å². The largest absolute Gasteiger partial charge is 1.00 e. The lowest BCUT2D eigenvalue weighted by Crippen LogP contribution is -3.00. The number of anilines is 5. The molecule has 0 amide bonds. The van der Waals surface area contributed by atoms with Gasteiger partial charge in [-0.1, -0.05) is 22.6 Å². The number of non-ortho nitro benzene ring substituents is 3. The zero-order valence-electron chi connectivity index (χ0n) is 44.9. The second-order valence-corrected chi connectivity index (χ2v) is 22.0. The molecule has 0 radical (unpaired) electrons. The number of nitrogens with zero attached hydrogens (tertiary/aromatic N) is 11. The van der Waals surface area contributed by atoms with Gasteiger partial charge in [0.1, 0.15) is 36.9 Å². The fraction of sp³-hybridized carbons (Fsp3) is 0.412. The van der Waals surface area contributed by atoms with E-state index >= 15 is 0 Å². The number of β-amino-alcohol motifs (C(OH)–C–C–N with tert-alkyl or cyclic N) is 1. The van der Waals surface area contributed by atoms with Gasteiger partial charge >= 0.3 is 0 Å². The molecule has 29 heteroatoms. The van der Waals surface area contributed by atoms with Crippen molar-refractivity contribution in [3.63, 3.8) is 0 Å². The van der Waals surface area contributed by atoms with Crippen molar-refractivity contribution in [3.05, 3.63) is 165 Å². The van der Waals surface area contributed by atoms with Crippen LogP contribution in [-0.4, -0.2) is 132 Å². The van der Waals surface area contributed by atoms with E-state index in [0.717, 1.165) is 74.6 Å². The van der Waals surface area contributed by atoms with Crippen LogP contribution in [0.15, 0.2) is 135 Å². The lowest BCUT2D eigenvalue weighted by molar-refractivity contribution is -0.671. The van der Waals surface area contributed by atoms with Crippen molar-refractivity contribution in [1.29, 1.82) is 0 Å². The quantitative estimate of drug-likeness (QED) is 0.0275. The molecule has 0 spiro atoms. The lowest BCUT2D eigenvalue weighted by Gasteiger charge is -2.18. The minimum atomic E-state index is -3.92. The van der Waals surface area contributed by atoms with Gasteiger partial charge in [0.2, 0.25) is 12.7 Å². The summed E-state index contributed by atoms with van der Waals surface area (Å²) in [4.78, 5) is 41.0. The Labute approximate surface area is 485 Å². The topological polar surface area (TPSA) is 307 Å². The highest BCUT2D eigenvalue weighted by Gasteiger charge is 2.30. The number of nitrogens with two attached hydrogens (primary N) is 1. The number of aliphatic hydroxyl groups excluding tert-OH is 1. The predicted molar refractivity (Wildman–Crippen MR) is 308 cm³/mol. The molecule has 80 heavy (non-hydrogen) atoms. The monoisotopic (exact) mass is 1280 g/mol. The molecule has 4 saturated heterocycles. The molecule has 4 atom stereocenters. The molecule has 25 nitrogen and oxygen atoms in total. The van der Waals surface area contributed by atoms with Gasteiger partial charge in [-0.25, -0.2) is 26.7 Å². The third-order valence-corrected chi connectivity index (χ3v) is 13.5. The number of rotatable bonds is 11. The molecular weight excluding hydrogens is 1220 g/mol. The van der Waals surface area contributed by atoms with Crippen LogP contribution in [0.25, 0.3) is 0 Å². The first-order valence-corrected chi connectivity index (χ1v) is 30.7. The second kappa shape index (κ2) is 30.8. The van der Waals surface area contributed by atoms with Gasteiger partial charge in [0.15, 0.2) is 0 Å². The number of aromatic nitrogens is 4. The summed E-state index contributed by atoms with van der Waals surface area (Å²) in [5, 5.41) is 41.0. The van der Waals surface area contributed by atoms with Gasteiger partial charge in [-0.15, -0.1) is 0 Å². The Kier molecular flexibility index (Phi) is 25.3. The average Bonchev–Trinajstić information content (AvgIpc) is 4.32. The van der Waals surface area contributed by atoms with E-state index in [1.54, 1.807) is 36.4 Å². The zero-order chi connectivity index (χ0) is 58.0. The number of nitrogen functional groups attached to an aromatic ring is 1. The summed E-state index contributed by atoms with van der Waals surface area (Å²) in [6.07, 6.45) is 17.3. The fourth-order valence-electron chi connectivity index (χ4n) is 9.12. The molecule has 0 bridgehead atoms. The Balaban J connectivity index is 0.000000221. The van der Waals surface area contributed by atoms with Gasteiger partial charge in [0.05, 0.1) is 70.5 Å². The first-order valence-electron chi connectivity index (χ1n) is 24.9. The number of halogens is 2. The van der Waals surface area contributed by atoms with Crippen molar-refractivity contribution < 1.29 is 67.0 Å². The van der Waals surface area contributed by atoms with E-state index in [-0.39, 0.29) is 46.6 Å². The van der Waals surface area contributed by atoms with Crippen LogP contribution >= 0.6 is 22.6 Å². The third kappa shape index (κ3) is 21.4. The highest BCUT2D eigenvalue weighted by Crippen LogP contribution is 2.30. The summed E-state index contributed by atoms with van der Waals surface area (Å²) >= 11 is 2.15. The van der Waals surface area contributed by atoms with E-state index in [2.05, 4.69) is 96.5 Å². The number of aliphatic hydroxyl groups is 1. The highest BCUT2D eigenvalue weighted by molar-refractivity contribution is 14.1. The molecule has 4 fully saturated rings. The molecule has 3 N–H and O–H groups in total. The Morgan fingerprint density at radius 3 is 1.18 bits per heavy atom. The number of aryl methyl sites for hydroxylation is 2. The van der Waals surface area contributed by atoms with E-state index in [1.807, 2.05) is 56.8 Å².